The zero-order valence-electron chi connectivity index (χ0n) is 10.7. The Morgan fingerprint density at radius 1 is 1.39 bits per heavy atom. The first-order chi connectivity index (χ1) is 8.83. The van der Waals surface area contributed by atoms with Gasteiger partial charge in [0.15, 0.2) is 0 Å². The van der Waals surface area contributed by atoms with Gasteiger partial charge in [0.2, 0.25) is 0 Å². The summed E-state index contributed by atoms with van der Waals surface area (Å²) in [6.45, 7) is 1.31. The van der Waals surface area contributed by atoms with Crippen LogP contribution in [0.2, 0.25) is 0 Å². The van der Waals surface area contributed by atoms with E-state index in [-0.39, 0.29) is 12.7 Å². The number of benzene rings is 1. The molecule has 2 rings (SSSR count). The van der Waals surface area contributed by atoms with Crippen LogP contribution in [-0.4, -0.2) is 31.5 Å². The fourth-order valence-corrected chi connectivity index (χ4v) is 2.05. The molecule has 0 spiro atoms. The second kappa shape index (κ2) is 6.61. The van der Waals surface area contributed by atoms with Gasteiger partial charge in [-0.2, -0.15) is 0 Å². The van der Waals surface area contributed by atoms with Gasteiger partial charge in [0.25, 0.3) is 0 Å². The van der Waals surface area contributed by atoms with Crippen molar-refractivity contribution >= 4 is 0 Å². The molecule has 18 heavy (non-hydrogen) atoms. The van der Waals surface area contributed by atoms with Crippen LogP contribution >= 0.6 is 0 Å². The standard InChI is InChI=1S/C14H20O4/c1-16-12-6-5-11(9-15)14(8-12)18-10-13-4-2-3-7-17-13/h5-6,8,13,15H,2-4,7,9-10H2,1H3. The minimum atomic E-state index is -0.0369. The van der Waals surface area contributed by atoms with Gasteiger partial charge in [0.05, 0.1) is 19.8 Å². The summed E-state index contributed by atoms with van der Waals surface area (Å²) in [5, 5.41) is 9.27. The van der Waals surface area contributed by atoms with E-state index in [9.17, 15) is 5.11 Å². The Labute approximate surface area is 107 Å². The molecule has 0 radical (unpaired) electrons. The molecular formula is C14H20O4. The molecule has 1 saturated heterocycles. The molecule has 1 fully saturated rings. The maximum atomic E-state index is 9.27. The number of ether oxygens (including phenoxy) is 3. The molecule has 1 atom stereocenters. The second-order valence-corrected chi connectivity index (χ2v) is 4.43. The zero-order valence-corrected chi connectivity index (χ0v) is 10.7. The number of rotatable bonds is 5. The lowest BCUT2D eigenvalue weighted by Crippen LogP contribution is -2.26. The molecule has 0 amide bonds. The highest BCUT2D eigenvalue weighted by Crippen LogP contribution is 2.25. The highest BCUT2D eigenvalue weighted by molar-refractivity contribution is 5.40. The van der Waals surface area contributed by atoms with Crippen molar-refractivity contribution < 1.29 is 19.3 Å². The van der Waals surface area contributed by atoms with Crippen molar-refractivity contribution in [3.05, 3.63) is 23.8 Å². The van der Waals surface area contributed by atoms with Crippen molar-refractivity contribution in [2.45, 2.75) is 32.0 Å². The minimum absolute atomic E-state index is 0.0369. The Balaban J connectivity index is 1.97. The summed E-state index contributed by atoms with van der Waals surface area (Å²) in [5.41, 5.74) is 0.770. The Kier molecular flexibility index (Phi) is 4.84. The van der Waals surface area contributed by atoms with E-state index in [4.69, 9.17) is 14.2 Å². The SMILES string of the molecule is COc1ccc(CO)c(OCC2CCCCO2)c1. The van der Waals surface area contributed by atoms with Crippen LogP contribution in [0.3, 0.4) is 0 Å². The summed E-state index contributed by atoms with van der Waals surface area (Å²) in [6, 6.07) is 5.43. The maximum Gasteiger partial charge on any atom is 0.128 e. The largest absolute Gasteiger partial charge is 0.497 e. The van der Waals surface area contributed by atoms with Gasteiger partial charge in [-0.15, -0.1) is 0 Å². The Bertz CT molecular complexity index is 372. The molecule has 1 aliphatic rings. The van der Waals surface area contributed by atoms with Crippen LogP contribution in [-0.2, 0) is 11.3 Å². The average Bonchev–Trinajstić information content (AvgIpc) is 2.45. The predicted octanol–water partition coefficient (Wildman–Crippen LogP) is 2.14. The average molecular weight is 252 g/mol. The minimum Gasteiger partial charge on any atom is -0.497 e. The predicted molar refractivity (Wildman–Crippen MR) is 68.0 cm³/mol. The van der Waals surface area contributed by atoms with E-state index < -0.39 is 0 Å². The monoisotopic (exact) mass is 252 g/mol. The number of aliphatic hydroxyl groups excluding tert-OH is 1. The molecule has 0 aromatic heterocycles. The summed E-state index contributed by atoms with van der Waals surface area (Å²) in [4.78, 5) is 0. The Hall–Kier alpha value is -1.26. The first-order valence-corrected chi connectivity index (χ1v) is 6.35. The fourth-order valence-electron chi connectivity index (χ4n) is 2.05. The molecule has 1 N–H and O–H groups in total. The molecule has 1 unspecified atom stereocenters. The Morgan fingerprint density at radius 2 is 2.28 bits per heavy atom. The Morgan fingerprint density at radius 3 is 2.94 bits per heavy atom. The molecule has 1 aromatic rings. The van der Waals surface area contributed by atoms with Crippen molar-refractivity contribution in [3.63, 3.8) is 0 Å². The van der Waals surface area contributed by atoms with Gasteiger partial charge >= 0.3 is 0 Å². The number of aliphatic hydroxyl groups is 1. The molecule has 0 saturated carbocycles. The number of hydrogen-bond acceptors (Lipinski definition) is 4. The van der Waals surface area contributed by atoms with Gasteiger partial charge in [0.1, 0.15) is 18.1 Å². The summed E-state index contributed by atoms with van der Waals surface area (Å²) in [6.07, 6.45) is 3.53. The van der Waals surface area contributed by atoms with Crippen molar-refractivity contribution in [2.24, 2.45) is 0 Å². The normalized spacial score (nSPS) is 19.6. The quantitative estimate of drug-likeness (QED) is 0.872. The molecule has 1 heterocycles. The van der Waals surface area contributed by atoms with Crippen LogP contribution in [0.5, 0.6) is 11.5 Å². The van der Waals surface area contributed by atoms with Crippen LogP contribution in [0.1, 0.15) is 24.8 Å². The summed E-state index contributed by atoms with van der Waals surface area (Å²) in [7, 11) is 1.61. The zero-order chi connectivity index (χ0) is 12.8. The highest BCUT2D eigenvalue weighted by atomic mass is 16.5. The van der Waals surface area contributed by atoms with Crippen LogP contribution in [0.4, 0.5) is 0 Å². The van der Waals surface area contributed by atoms with Crippen molar-refractivity contribution in [1.29, 1.82) is 0 Å². The maximum absolute atomic E-state index is 9.27. The topological polar surface area (TPSA) is 47.9 Å². The van der Waals surface area contributed by atoms with Crippen molar-refractivity contribution in [2.75, 3.05) is 20.3 Å². The summed E-state index contributed by atoms with van der Waals surface area (Å²) in [5.74, 6) is 1.40. The van der Waals surface area contributed by atoms with Crippen LogP contribution in [0.25, 0.3) is 0 Å². The van der Waals surface area contributed by atoms with Crippen molar-refractivity contribution in [3.8, 4) is 11.5 Å². The highest BCUT2D eigenvalue weighted by Gasteiger charge is 2.15. The van der Waals surface area contributed by atoms with Crippen LogP contribution in [0.15, 0.2) is 18.2 Å². The molecule has 1 aromatic carbocycles. The van der Waals surface area contributed by atoms with Crippen LogP contribution < -0.4 is 9.47 Å². The van der Waals surface area contributed by atoms with E-state index in [1.807, 2.05) is 12.1 Å². The summed E-state index contributed by atoms with van der Waals surface area (Å²) >= 11 is 0. The van der Waals surface area contributed by atoms with Gasteiger partial charge in [-0.3, -0.25) is 0 Å². The van der Waals surface area contributed by atoms with E-state index >= 15 is 0 Å². The third-order valence-corrected chi connectivity index (χ3v) is 3.14. The van der Waals surface area contributed by atoms with Gasteiger partial charge in [-0.05, 0) is 31.4 Å². The van der Waals surface area contributed by atoms with E-state index in [1.54, 1.807) is 13.2 Å². The number of methoxy groups -OCH3 is 1. The lowest BCUT2D eigenvalue weighted by Gasteiger charge is -2.23. The molecule has 4 nitrogen and oxygen atoms in total. The lowest BCUT2D eigenvalue weighted by molar-refractivity contribution is -0.0114. The third kappa shape index (κ3) is 3.37. The first kappa shape index (κ1) is 13.2. The van der Waals surface area contributed by atoms with E-state index in [0.29, 0.717) is 12.4 Å². The first-order valence-electron chi connectivity index (χ1n) is 6.35. The molecule has 1 aliphatic heterocycles. The van der Waals surface area contributed by atoms with Gasteiger partial charge in [0, 0.05) is 18.2 Å². The molecule has 0 bridgehead atoms. The van der Waals surface area contributed by atoms with Gasteiger partial charge in [-0.25, -0.2) is 0 Å². The van der Waals surface area contributed by atoms with Gasteiger partial charge < -0.3 is 19.3 Å². The smallest absolute Gasteiger partial charge is 0.128 e. The molecule has 4 heteroatoms. The number of hydrogen-bond donors (Lipinski definition) is 1. The van der Waals surface area contributed by atoms with Crippen LogP contribution in [0, 0.1) is 0 Å². The lowest BCUT2D eigenvalue weighted by atomic mass is 10.1. The fraction of sp³-hybridized carbons (Fsp3) is 0.571. The van der Waals surface area contributed by atoms with Gasteiger partial charge in [-0.1, -0.05) is 0 Å². The van der Waals surface area contributed by atoms with Crippen molar-refractivity contribution in [1.82, 2.24) is 0 Å². The molecule has 100 valence electrons. The molecule has 0 aliphatic carbocycles. The van der Waals surface area contributed by atoms with E-state index in [0.717, 1.165) is 30.8 Å². The van der Waals surface area contributed by atoms with E-state index in [1.165, 1.54) is 6.42 Å². The summed E-state index contributed by atoms with van der Waals surface area (Å²) < 4.78 is 16.5. The van der Waals surface area contributed by atoms with E-state index in [2.05, 4.69) is 0 Å². The molecular weight excluding hydrogens is 232 g/mol. The second-order valence-electron chi connectivity index (χ2n) is 4.43. The third-order valence-electron chi connectivity index (χ3n) is 3.14.